The lowest BCUT2D eigenvalue weighted by molar-refractivity contribution is -0.122. The van der Waals surface area contributed by atoms with Crippen LogP contribution < -0.4 is 15.8 Å². The highest BCUT2D eigenvalue weighted by Crippen LogP contribution is 2.21. The quantitative estimate of drug-likeness (QED) is 0.740. The van der Waals surface area contributed by atoms with Gasteiger partial charge in [-0.3, -0.25) is 9.69 Å². The zero-order chi connectivity index (χ0) is 15.8. The van der Waals surface area contributed by atoms with Crippen LogP contribution in [0.2, 0.25) is 0 Å². The standard InChI is InChI=1S/C17H27N3O2/c1-14-7-9-20(12-15(14)11-18)13-17(21)19-8-10-22-16-5-3-2-4-6-16/h2-6,14-15H,7-13,18H2,1H3,(H,19,21). The lowest BCUT2D eigenvalue weighted by Gasteiger charge is -2.36. The summed E-state index contributed by atoms with van der Waals surface area (Å²) in [6, 6.07) is 9.62. The van der Waals surface area contributed by atoms with Gasteiger partial charge in [0.15, 0.2) is 0 Å². The number of amides is 1. The molecule has 2 rings (SSSR count). The Morgan fingerprint density at radius 2 is 2.18 bits per heavy atom. The van der Waals surface area contributed by atoms with E-state index in [0.29, 0.717) is 38.1 Å². The summed E-state index contributed by atoms with van der Waals surface area (Å²) in [5, 5.41) is 2.91. The molecule has 3 N–H and O–H groups in total. The first-order valence-corrected chi connectivity index (χ1v) is 8.06. The van der Waals surface area contributed by atoms with Crippen molar-refractivity contribution in [1.82, 2.24) is 10.2 Å². The number of carbonyl (C=O) groups excluding carboxylic acids is 1. The molecule has 1 saturated heterocycles. The van der Waals surface area contributed by atoms with Gasteiger partial charge >= 0.3 is 0 Å². The molecule has 0 radical (unpaired) electrons. The third-order valence-corrected chi connectivity index (χ3v) is 4.30. The molecule has 0 aliphatic carbocycles. The van der Waals surface area contributed by atoms with Crippen LogP contribution in [0.4, 0.5) is 0 Å². The maximum absolute atomic E-state index is 12.0. The summed E-state index contributed by atoms with van der Waals surface area (Å²) in [5.41, 5.74) is 5.80. The Hall–Kier alpha value is -1.59. The Balaban J connectivity index is 1.61. The summed E-state index contributed by atoms with van der Waals surface area (Å²) in [7, 11) is 0. The van der Waals surface area contributed by atoms with Crippen molar-refractivity contribution in [1.29, 1.82) is 0 Å². The van der Waals surface area contributed by atoms with E-state index in [-0.39, 0.29) is 5.91 Å². The van der Waals surface area contributed by atoms with E-state index in [1.54, 1.807) is 0 Å². The molecule has 2 atom stereocenters. The fourth-order valence-electron chi connectivity index (χ4n) is 2.81. The van der Waals surface area contributed by atoms with Crippen LogP contribution in [0.5, 0.6) is 5.75 Å². The van der Waals surface area contributed by atoms with Crippen molar-refractivity contribution in [3.63, 3.8) is 0 Å². The van der Waals surface area contributed by atoms with Gasteiger partial charge in [-0.1, -0.05) is 25.1 Å². The van der Waals surface area contributed by atoms with Crippen molar-refractivity contribution in [3.05, 3.63) is 30.3 Å². The van der Waals surface area contributed by atoms with Crippen LogP contribution in [-0.2, 0) is 4.79 Å². The molecule has 5 heteroatoms. The van der Waals surface area contributed by atoms with Crippen LogP contribution in [-0.4, -0.2) is 50.1 Å². The van der Waals surface area contributed by atoms with E-state index < -0.39 is 0 Å². The highest BCUT2D eigenvalue weighted by atomic mass is 16.5. The monoisotopic (exact) mass is 305 g/mol. The number of nitrogens with one attached hydrogen (secondary N) is 1. The molecule has 0 aromatic heterocycles. The summed E-state index contributed by atoms with van der Waals surface area (Å²) in [5.74, 6) is 2.04. The number of piperidine rings is 1. The van der Waals surface area contributed by atoms with Crippen molar-refractivity contribution >= 4 is 5.91 Å². The average Bonchev–Trinajstić information content (AvgIpc) is 2.54. The maximum Gasteiger partial charge on any atom is 0.234 e. The molecule has 1 aliphatic rings. The van der Waals surface area contributed by atoms with Crippen molar-refractivity contribution < 1.29 is 9.53 Å². The molecular weight excluding hydrogens is 278 g/mol. The van der Waals surface area contributed by atoms with Gasteiger partial charge in [0, 0.05) is 6.54 Å². The third kappa shape index (κ3) is 5.31. The lowest BCUT2D eigenvalue weighted by atomic mass is 9.87. The molecule has 2 unspecified atom stereocenters. The Morgan fingerprint density at radius 1 is 1.41 bits per heavy atom. The Bertz CT molecular complexity index is 452. The van der Waals surface area contributed by atoms with Gasteiger partial charge in [-0.05, 0) is 43.5 Å². The third-order valence-electron chi connectivity index (χ3n) is 4.30. The highest BCUT2D eigenvalue weighted by Gasteiger charge is 2.25. The predicted molar refractivity (Wildman–Crippen MR) is 87.7 cm³/mol. The van der Waals surface area contributed by atoms with Crippen molar-refractivity contribution in [2.45, 2.75) is 13.3 Å². The minimum absolute atomic E-state index is 0.0574. The largest absolute Gasteiger partial charge is 0.492 e. The van der Waals surface area contributed by atoms with Crippen LogP contribution in [0.15, 0.2) is 30.3 Å². The minimum atomic E-state index is 0.0574. The fourth-order valence-corrected chi connectivity index (χ4v) is 2.81. The summed E-state index contributed by atoms with van der Waals surface area (Å²) >= 11 is 0. The van der Waals surface area contributed by atoms with Crippen LogP contribution >= 0.6 is 0 Å². The van der Waals surface area contributed by atoms with Gasteiger partial charge in [0.25, 0.3) is 0 Å². The van der Waals surface area contributed by atoms with Gasteiger partial charge in [0.1, 0.15) is 12.4 Å². The molecule has 1 heterocycles. The highest BCUT2D eigenvalue weighted by molar-refractivity contribution is 5.78. The maximum atomic E-state index is 12.0. The number of ether oxygens (including phenoxy) is 1. The Labute approximate surface area is 132 Å². The molecule has 122 valence electrons. The SMILES string of the molecule is CC1CCN(CC(=O)NCCOc2ccccc2)CC1CN. The number of rotatable bonds is 7. The zero-order valence-electron chi connectivity index (χ0n) is 13.3. The molecule has 0 bridgehead atoms. The van der Waals surface area contributed by atoms with Crippen molar-refractivity contribution in [2.24, 2.45) is 17.6 Å². The smallest absolute Gasteiger partial charge is 0.234 e. The number of hydrogen-bond donors (Lipinski definition) is 2. The molecular formula is C17H27N3O2. The second kappa shape index (κ2) is 8.76. The topological polar surface area (TPSA) is 67.6 Å². The summed E-state index contributed by atoms with van der Waals surface area (Å²) < 4.78 is 5.55. The summed E-state index contributed by atoms with van der Waals surface area (Å²) in [6.07, 6.45) is 1.12. The van der Waals surface area contributed by atoms with E-state index >= 15 is 0 Å². The molecule has 22 heavy (non-hydrogen) atoms. The first-order valence-electron chi connectivity index (χ1n) is 8.06. The van der Waals surface area contributed by atoms with Crippen molar-refractivity contribution in [3.8, 4) is 5.75 Å². The van der Waals surface area contributed by atoms with E-state index in [9.17, 15) is 4.79 Å². The molecule has 1 amide bonds. The van der Waals surface area contributed by atoms with E-state index in [1.807, 2.05) is 30.3 Å². The van der Waals surface area contributed by atoms with Gasteiger partial charge in [-0.25, -0.2) is 0 Å². The van der Waals surface area contributed by atoms with E-state index in [0.717, 1.165) is 25.3 Å². The van der Waals surface area contributed by atoms with Gasteiger partial charge in [0.2, 0.25) is 5.91 Å². The number of nitrogens with zero attached hydrogens (tertiary/aromatic N) is 1. The van der Waals surface area contributed by atoms with Gasteiger partial charge in [0.05, 0.1) is 13.1 Å². The van der Waals surface area contributed by atoms with E-state index in [4.69, 9.17) is 10.5 Å². The van der Waals surface area contributed by atoms with Crippen molar-refractivity contribution in [2.75, 3.05) is 39.3 Å². The molecule has 1 aliphatic heterocycles. The molecule has 5 nitrogen and oxygen atoms in total. The van der Waals surface area contributed by atoms with Crippen LogP contribution in [0.3, 0.4) is 0 Å². The van der Waals surface area contributed by atoms with E-state index in [2.05, 4.69) is 17.1 Å². The van der Waals surface area contributed by atoms with Crippen LogP contribution in [0.1, 0.15) is 13.3 Å². The summed E-state index contributed by atoms with van der Waals surface area (Å²) in [4.78, 5) is 14.2. The number of benzene rings is 1. The molecule has 0 saturated carbocycles. The first kappa shape index (κ1) is 16.8. The molecule has 1 aromatic carbocycles. The predicted octanol–water partition coefficient (Wildman–Crippen LogP) is 1.10. The van der Waals surface area contributed by atoms with Gasteiger partial charge in [-0.15, -0.1) is 0 Å². The lowest BCUT2D eigenvalue weighted by Crippen LogP contribution is -2.47. The Morgan fingerprint density at radius 3 is 2.91 bits per heavy atom. The van der Waals surface area contributed by atoms with Crippen LogP contribution in [0, 0.1) is 11.8 Å². The second-order valence-corrected chi connectivity index (χ2v) is 6.01. The average molecular weight is 305 g/mol. The van der Waals surface area contributed by atoms with Gasteiger partial charge in [-0.2, -0.15) is 0 Å². The molecule has 1 aromatic rings. The number of nitrogens with two attached hydrogens (primary N) is 1. The molecule has 1 fully saturated rings. The summed E-state index contributed by atoms with van der Waals surface area (Å²) in [6.45, 7) is 6.31. The van der Waals surface area contributed by atoms with Crippen LogP contribution in [0.25, 0.3) is 0 Å². The number of carbonyl (C=O) groups is 1. The zero-order valence-corrected chi connectivity index (χ0v) is 13.3. The van der Waals surface area contributed by atoms with E-state index in [1.165, 1.54) is 0 Å². The van der Waals surface area contributed by atoms with Gasteiger partial charge < -0.3 is 15.8 Å². The first-order chi connectivity index (χ1) is 10.7. The fraction of sp³-hybridized carbons (Fsp3) is 0.588. The normalized spacial score (nSPS) is 22.3. The Kier molecular flexibility index (Phi) is 6.68. The number of para-hydroxylation sites is 1. The number of hydrogen-bond acceptors (Lipinski definition) is 4. The second-order valence-electron chi connectivity index (χ2n) is 6.01. The minimum Gasteiger partial charge on any atom is -0.492 e. The number of likely N-dealkylation sites (tertiary alicyclic amines) is 1. The molecule has 0 spiro atoms.